The lowest BCUT2D eigenvalue weighted by molar-refractivity contribution is -0.137. The molecule has 4 nitrogen and oxygen atoms in total. The molecule has 0 radical (unpaired) electrons. The monoisotopic (exact) mass is 300 g/mol. The molecule has 1 heterocycles. The maximum Gasteiger partial charge on any atom is 0.228 e. The van der Waals surface area contributed by atoms with Gasteiger partial charge in [0.15, 0.2) is 0 Å². The van der Waals surface area contributed by atoms with E-state index in [0.29, 0.717) is 12.5 Å². The number of nitrogens with one attached hydrogen (secondary N) is 1. The van der Waals surface area contributed by atoms with E-state index in [1.807, 2.05) is 35.2 Å². The number of benzene rings is 1. The Morgan fingerprint density at radius 2 is 1.95 bits per heavy atom. The Hall–Kier alpha value is -1.84. The molecule has 4 heteroatoms. The van der Waals surface area contributed by atoms with Gasteiger partial charge in [-0.1, -0.05) is 25.1 Å². The van der Waals surface area contributed by atoms with E-state index >= 15 is 0 Å². The van der Waals surface area contributed by atoms with Gasteiger partial charge in [-0.25, -0.2) is 0 Å². The number of anilines is 1. The first-order chi connectivity index (χ1) is 10.7. The van der Waals surface area contributed by atoms with Crippen molar-refractivity contribution in [1.82, 2.24) is 4.90 Å². The lowest BCUT2D eigenvalue weighted by atomic mass is 9.99. The molecule has 3 atom stereocenters. The van der Waals surface area contributed by atoms with Gasteiger partial charge in [0.1, 0.15) is 0 Å². The number of rotatable bonds is 4. The van der Waals surface area contributed by atoms with Gasteiger partial charge < -0.3 is 10.2 Å². The fraction of sp³-hybridized carbons (Fsp3) is 0.556. The first kappa shape index (κ1) is 15.1. The highest BCUT2D eigenvalue weighted by molar-refractivity contribution is 5.99. The summed E-state index contributed by atoms with van der Waals surface area (Å²) >= 11 is 0. The highest BCUT2D eigenvalue weighted by Crippen LogP contribution is 2.42. The van der Waals surface area contributed by atoms with Crippen LogP contribution in [0.5, 0.6) is 0 Å². The van der Waals surface area contributed by atoms with E-state index in [9.17, 15) is 9.59 Å². The first-order valence-corrected chi connectivity index (χ1v) is 8.37. The van der Waals surface area contributed by atoms with E-state index in [-0.39, 0.29) is 23.7 Å². The van der Waals surface area contributed by atoms with Crippen LogP contribution in [0.15, 0.2) is 30.3 Å². The topological polar surface area (TPSA) is 49.4 Å². The molecule has 3 unspecified atom stereocenters. The molecular weight excluding hydrogens is 276 g/mol. The zero-order chi connectivity index (χ0) is 15.5. The third-order valence-corrected chi connectivity index (χ3v) is 4.87. The predicted molar refractivity (Wildman–Crippen MR) is 86.3 cm³/mol. The maximum atomic E-state index is 12.6. The Bertz CT molecular complexity index is 543. The van der Waals surface area contributed by atoms with E-state index in [4.69, 9.17) is 0 Å². The second kappa shape index (κ2) is 6.51. The Morgan fingerprint density at radius 1 is 1.18 bits per heavy atom. The Balaban J connectivity index is 1.56. The van der Waals surface area contributed by atoms with Crippen molar-refractivity contribution in [3.8, 4) is 0 Å². The number of carbonyl (C=O) groups is 2. The number of para-hydroxylation sites is 1. The number of hydrogen-bond acceptors (Lipinski definition) is 2. The van der Waals surface area contributed by atoms with Crippen molar-refractivity contribution in [3.05, 3.63) is 30.3 Å². The summed E-state index contributed by atoms with van der Waals surface area (Å²) in [5.74, 6) is -0.0719. The lowest BCUT2D eigenvalue weighted by Crippen LogP contribution is -2.44. The summed E-state index contributed by atoms with van der Waals surface area (Å²) in [7, 11) is 0. The summed E-state index contributed by atoms with van der Waals surface area (Å²) in [4.78, 5) is 26.9. The van der Waals surface area contributed by atoms with Crippen LogP contribution in [0.3, 0.4) is 0 Å². The average Bonchev–Trinajstić information content (AvgIpc) is 3.36. The zero-order valence-electron chi connectivity index (χ0n) is 13.1. The van der Waals surface area contributed by atoms with E-state index in [1.165, 1.54) is 6.42 Å². The number of carbonyl (C=O) groups excluding carboxylic acids is 2. The van der Waals surface area contributed by atoms with Crippen LogP contribution in [0.25, 0.3) is 0 Å². The maximum absolute atomic E-state index is 12.6. The molecule has 0 bridgehead atoms. The van der Waals surface area contributed by atoms with Crippen molar-refractivity contribution >= 4 is 17.5 Å². The fourth-order valence-electron chi connectivity index (χ4n) is 3.44. The third-order valence-electron chi connectivity index (χ3n) is 4.87. The second-order valence-corrected chi connectivity index (χ2v) is 6.39. The molecule has 118 valence electrons. The normalized spacial score (nSPS) is 27.3. The second-order valence-electron chi connectivity index (χ2n) is 6.39. The van der Waals surface area contributed by atoms with Crippen molar-refractivity contribution < 1.29 is 9.59 Å². The lowest BCUT2D eigenvalue weighted by Gasteiger charge is -2.35. The van der Waals surface area contributed by atoms with Crippen LogP contribution >= 0.6 is 0 Å². The van der Waals surface area contributed by atoms with E-state index in [1.54, 1.807) is 0 Å². The molecule has 1 aromatic carbocycles. The van der Waals surface area contributed by atoms with Crippen molar-refractivity contribution in [3.63, 3.8) is 0 Å². The van der Waals surface area contributed by atoms with Crippen molar-refractivity contribution in [2.45, 2.75) is 45.1 Å². The van der Waals surface area contributed by atoms with Gasteiger partial charge in [0.05, 0.1) is 11.8 Å². The Morgan fingerprint density at radius 3 is 2.68 bits per heavy atom. The molecule has 2 amide bonds. The molecule has 0 spiro atoms. The van der Waals surface area contributed by atoms with Gasteiger partial charge in [0, 0.05) is 18.3 Å². The molecule has 0 aromatic heterocycles. The molecule has 3 rings (SSSR count). The average molecular weight is 300 g/mol. The van der Waals surface area contributed by atoms with Crippen LogP contribution in [0.4, 0.5) is 5.69 Å². The van der Waals surface area contributed by atoms with Crippen LogP contribution in [-0.4, -0.2) is 29.3 Å². The van der Waals surface area contributed by atoms with Crippen LogP contribution in [0.1, 0.15) is 39.0 Å². The molecule has 1 aliphatic heterocycles. The van der Waals surface area contributed by atoms with Crippen molar-refractivity contribution in [2.75, 3.05) is 11.9 Å². The van der Waals surface area contributed by atoms with Crippen LogP contribution in [-0.2, 0) is 9.59 Å². The highest BCUT2D eigenvalue weighted by atomic mass is 16.2. The van der Waals surface area contributed by atoms with Crippen LogP contribution < -0.4 is 5.32 Å². The molecule has 2 fully saturated rings. The fourth-order valence-corrected chi connectivity index (χ4v) is 3.44. The van der Waals surface area contributed by atoms with E-state index in [2.05, 4.69) is 12.2 Å². The predicted octanol–water partition coefficient (Wildman–Crippen LogP) is 3.05. The Labute approximate surface area is 131 Å². The summed E-state index contributed by atoms with van der Waals surface area (Å²) in [6.45, 7) is 3.00. The van der Waals surface area contributed by atoms with Gasteiger partial charge >= 0.3 is 0 Å². The zero-order valence-corrected chi connectivity index (χ0v) is 13.1. The molecule has 1 saturated carbocycles. The van der Waals surface area contributed by atoms with Crippen molar-refractivity contribution in [2.24, 2.45) is 11.8 Å². The largest absolute Gasteiger partial charge is 0.339 e. The van der Waals surface area contributed by atoms with Gasteiger partial charge in [-0.05, 0) is 44.2 Å². The van der Waals surface area contributed by atoms with Crippen LogP contribution in [0, 0.1) is 11.8 Å². The summed E-state index contributed by atoms with van der Waals surface area (Å²) in [6.07, 6.45) is 5.13. The first-order valence-electron chi connectivity index (χ1n) is 8.37. The van der Waals surface area contributed by atoms with Gasteiger partial charge in [0.25, 0.3) is 0 Å². The Kier molecular flexibility index (Phi) is 4.46. The standard InChI is InChI=1S/C18H24N2O2/c1-2-14-10-6-7-11-20(14)18(22)16-12-15(16)17(21)19-13-8-4-3-5-9-13/h3-5,8-9,14-16H,2,6-7,10-12H2,1H3,(H,19,21). The van der Waals surface area contributed by atoms with Crippen LogP contribution in [0.2, 0.25) is 0 Å². The number of nitrogens with zero attached hydrogens (tertiary/aromatic N) is 1. The third kappa shape index (κ3) is 3.16. The number of amides is 2. The quantitative estimate of drug-likeness (QED) is 0.929. The van der Waals surface area contributed by atoms with E-state index in [0.717, 1.165) is 31.5 Å². The molecule has 1 aliphatic carbocycles. The molecule has 22 heavy (non-hydrogen) atoms. The molecule has 2 aliphatic rings. The summed E-state index contributed by atoms with van der Waals surface area (Å²) in [6, 6.07) is 9.82. The van der Waals surface area contributed by atoms with E-state index < -0.39 is 0 Å². The smallest absolute Gasteiger partial charge is 0.228 e. The minimum Gasteiger partial charge on any atom is -0.339 e. The molecular formula is C18H24N2O2. The highest BCUT2D eigenvalue weighted by Gasteiger charge is 2.50. The minimum atomic E-state index is -0.146. The van der Waals surface area contributed by atoms with Gasteiger partial charge in [-0.3, -0.25) is 9.59 Å². The molecule has 1 saturated heterocycles. The van der Waals surface area contributed by atoms with Gasteiger partial charge in [-0.2, -0.15) is 0 Å². The molecule has 1 aromatic rings. The molecule has 1 N–H and O–H groups in total. The summed E-state index contributed by atoms with van der Waals surface area (Å²) in [5, 5.41) is 2.91. The number of piperidine rings is 1. The van der Waals surface area contributed by atoms with Crippen molar-refractivity contribution in [1.29, 1.82) is 0 Å². The number of likely N-dealkylation sites (tertiary alicyclic amines) is 1. The van der Waals surface area contributed by atoms with Gasteiger partial charge in [-0.15, -0.1) is 0 Å². The summed E-state index contributed by atoms with van der Waals surface area (Å²) in [5.41, 5.74) is 0.801. The van der Waals surface area contributed by atoms with Gasteiger partial charge in [0.2, 0.25) is 11.8 Å². The SMILES string of the molecule is CCC1CCCCN1C(=O)C1CC1C(=O)Nc1ccccc1. The summed E-state index contributed by atoms with van der Waals surface area (Å²) < 4.78 is 0. The number of hydrogen-bond donors (Lipinski definition) is 1. The minimum absolute atomic E-state index is 0.0189.